The summed E-state index contributed by atoms with van der Waals surface area (Å²) in [5.74, 6) is 6.74. The quantitative estimate of drug-likeness (QED) is 0.567. The van der Waals surface area contributed by atoms with Gasteiger partial charge in [0.25, 0.3) is 0 Å². The largest absolute Gasteiger partial charge is 0.457 e. The number of furan rings is 1. The summed E-state index contributed by atoms with van der Waals surface area (Å²) >= 11 is 6.09. The number of halogens is 1. The van der Waals surface area contributed by atoms with E-state index >= 15 is 0 Å². The van der Waals surface area contributed by atoms with Gasteiger partial charge in [0, 0.05) is 17.8 Å². The molecule has 0 saturated carbocycles. The molecule has 0 bridgehead atoms. The van der Waals surface area contributed by atoms with Crippen LogP contribution in [0.5, 0.6) is 0 Å². The van der Waals surface area contributed by atoms with Crippen LogP contribution in [0.4, 0.5) is 0 Å². The molecule has 3 aromatic rings. The van der Waals surface area contributed by atoms with Crippen LogP contribution in [0.3, 0.4) is 0 Å². The third-order valence-electron chi connectivity index (χ3n) is 2.81. The highest BCUT2D eigenvalue weighted by Gasteiger charge is 2.20. The lowest BCUT2D eigenvalue weighted by molar-refractivity contribution is 0.464. The second kappa shape index (κ2) is 4.97. The predicted molar refractivity (Wildman–Crippen MR) is 72.4 cm³/mol. The Bertz CT molecular complexity index is 698. The van der Waals surface area contributed by atoms with Crippen LogP contribution < -0.4 is 11.3 Å². The van der Waals surface area contributed by atoms with Gasteiger partial charge < -0.3 is 4.42 Å². The smallest absolute Gasteiger partial charge is 0.154 e. The molecule has 3 N–H and O–H groups in total. The van der Waals surface area contributed by atoms with Crippen LogP contribution in [0.2, 0.25) is 5.02 Å². The number of para-hydroxylation sites is 1. The number of hydrogen-bond acceptors (Lipinski definition) is 5. The summed E-state index contributed by atoms with van der Waals surface area (Å²) in [5.41, 5.74) is 3.29. The maximum atomic E-state index is 6.09. The molecule has 1 atom stereocenters. The number of nitrogens with zero attached hydrogens (tertiary/aromatic N) is 2. The summed E-state index contributed by atoms with van der Waals surface area (Å²) in [5, 5.41) is 1.48. The number of nitrogens with two attached hydrogens (primary N) is 1. The van der Waals surface area contributed by atoms with Gasteiger partial charge in [-0.05, 0) is 18.2 Å². The SMILES string of the molecule is NNC(c1ncccn1)c1cc2cccc(Cl)c2o1. The molecular formula is C13H11ClN4O. The van der Waals surface area contributed by atoms with Gasteiger partial charge in [-0.25, -0.2) is 15.4 Å². The fraction of sp³-hybridized carbons (Fsp3) is 0.0769. The van der Waals surface area contributed by atoms with Gasteiger partial charge in [-0.1, -0.05) is 23.7 Å². The summed E-state index contributed by atoms with van der Waals surface area (Å²) in [7, 11) is 0. The number of rotatable bonds is 3. The molecule has 0 radical (unpaired) electrons. The zero-order valence-corrected chi connectivity index (χ0v) is 10.6. The predicted octanol–water partition coefficient (Wildman–Crippen LogP) is 2.43. The fourth-order valence-corrected chi connectivity index (χ4v) is 2.15. The lowest BCUT2D eigenvalue weighted by Gasteiger charge is -2.10. The third kappa shape index (κ3) is 2.19. The van der Waals surface area contributed by atoms with Gasteiger partial charge in [0.1, 0.15) is 11.8 Å². The molecule has 6 heteroatoms. The van der Waals surface area contributed by atoms with Gasteiger partial charge in [-0.2, -0.15) is 0 Å². The molecule has 3 rings (SSSR count). The van der Waals surface area contributed by atoms with E-state index in [0.29, 0.717) is 22.2 Å². The Morgan fingerprint density at radius 1 is 1.21 bits per heavy atom. The molecule has 19 heavy (non-hydrogen) atoms. The molecule has 1 unspecified atom stereocenters. The van der Waals surface area contributed by atoms with Crippen LogP contribution in [-0.4, -0.2) is 9.97 Å². The van der Waals surface area contributed by atoms with Crippen molar-refractivity contribution in [1.82, 2.24) is 15.4 Å². The van der Waals surface area contributed by atoms with Gasteiger partial charge in [-0.15, -0.1) is 0 Å². The second-order valence-electron chi connectivity index (χ2n) is 4.01. The number of aromatic nitrogens is 2. The molecule has 1 aromatic carbocycles. The van der Waals surface area contributed by atoms with Crippen molar-refractivity contribution in [3.05, 3.63) is 59.3 Å². The highest BCUT2D eigenvalue weighted by atomic mass is 35.5. The topological polar surface area (TPSA) is 77.0 Å². The molecule has 2 heterocycles. The second-order valence-corrected chi connectivity index (χ2v) is 4.42. The monoisotopic (exact) mass is 274 g/mol. The van der Waals surface area contributed by atoms with Crippen LogP contribution in [0.15, 0.2) is 47.1 Å². The lowest BCUT2D eigenvalue weighted by Crippen LogP contribution is -2.29. The molecule has 5 nitrogen and oxygen atoms in total. The van der Waals surface area contributed by atoms with Crippen molar-refractivity contribution >= 4 is 22.6 Å². The van der Waals surface area contributed by atoms with Crippen molar-refractivity contribution in [2.24, 2.45) is 5.84 Å². The van der Waals surface area contributed by atoms with Crippen LogP contribution >= 0.6 is 11.6 Å². The Balaban J connectivity index is 2.09. The molecule has 0 aliphatic heterocycles. The van der Waals surface area contributed by atoms with Gasteiger partial charge in [0.15, 0.2) is 11.4 Å². The van der Waals surface area contributed by atoms with E-state index in [1.807, 2.05) is 18.2 Å². The zero-order chi connectivity index (χ0) is 13.2. The van der Waals surface area contributed by atoms with Crippen LogP contribution in [0, 0.1) is 0 Å². The molecule has 0 aliphatic rings. The normalized spacial score (nSPS) is 12.7. The van der Waals surface area contributed by atoms with E-state index in [0.717, 1.165) is 5.39 Å². The van der Waals surface area contributed by atoms with Gasteiger partial charge in [-0.3, -0.25) is 5.84 Å². The van der Waals surface area contributed by atoms with Crippen LogP contribution in [0.1, 0.15) is 17.6 Å². The minimum absolute atomic E-state index is 0.412. The van der Waals surface area contributed by atoms with E-state index in [2.05, 4.69) is 15.4 Å². The first-order chi connectivity index (χ1) is 9.29. The Labute approximate surface area is 114 Å². The average Bonchev–Trinajstić information content (AvgIpc) is 2.86. The number of fused-ring (bicyclic) bond motifs is 1. The van der Waals surface area contributed by atoms with Gasteiger partial charge >= 0.3 is 0 Å². The Morgan fingerprint density at radius 2 is 2.00 bits per heavy atom. The Morgan fingerprint density at radius 3 is 2.68 bits per heavy atom. The summed E-state index contributed by atoms with van der Waals surface area (Å²) < 4.78 is 5.75. The van der Waals surface area contributed by atoms with Crippen molar-refractivity contribution < 1.29 is 4.42 Å². The maximum Gasteiger partial charge on any atom is 0.154 e. The van der Waals surface area contributed by atoms with Crippen molar-refractivity contribution in [2.45, 2.75) is 6.04 Å². The minimum atomic E-state index is -0.412. The van der Waals surface area contributed by atoms with E-state index in [4.69, 9.17) is 21.9 Å². The van der Waals surface area contributed by atoms with Crippen LogP contribution in [-0.2, 0) is 0 Å². The minimum Gasteiger partial charge on any atom is -0.457 e. The number of hydrazine groups is 1. The lowest BCUT2D eigenvalue weighted by atomic mass is 10.2. The van der Waals surface area contributed by atoms with Crippen molar-refractivity contribution in [1.29, 1.82) is 0 Å². The summed E-state index contributed by atoms with van der Waals surface area (Å²) in [6.45, 7) is 0. The van der Waals surface area contributed by atoms with E-state index in [1.165, 1.54) is 0 Å². The van der Waals surface area contributed by atoms with Crippen molar-refractivity contribution in [2.75, 3.05) is 0 Å². The zero-order valence-electron chi connectivity index (χ0n) is 9.88. The van der Waals surface area contributed by atoms with E-state index in [1.54, 1.807) is 24.5 Å². The molecule has 2 aromatic heterocycles. The maximum absolute atomic E-state index is 6.09. The Hall–Kier alpha value is -1.95. The summed E-state index contributed by atoms with van der Waals surface area (Å²) in [6, 6.07) is 8.78. The first kappa shape index (κ1) is 12.1. The fourth-order valence-electron chi connectivity index (χ4n) is 1.93. The molecule has 0 saturated heterocycles. The molecule has 0 aliphatic carbocycles. The summed E-state index contributed by atoms with van der Waals surface area (Å²) in [4.78, 5) is 8.34. The van der Waals surface area contributed by atoms with Crippen LogP contribution in [0.25, 0.3) is 11.0 Å². The van der Waals surface area contributed by atoms with Gasteiger partial charge in [0.05, 0.1) is 5.02 Å². The highest BCUT2D eigenvalue weighted by Crippen LogP contribution is 2.30. The molecule has 0 amide bonds. The average molecular weight is 275 g/mol. The number of benzene rings is 1. The third-order valence-corrected chi connectivity index (χ3v) is 3.11. The standard InChI is InChI=1S/C13H11ClN4O/c14-9-4-1-3-8-7-10(19-12(8)9)11(18-15)13-16-5-2-6-17-13/h1-7,11,18H,15H2. The van der Waals surface area contributed by atoms with E-state index in [-0.39, 0.29) is 0 Å². The Kier molecular flexibility index (Phi) is 3.16. The molecule has 0 spiro atoms. The molecule has 0 fully saturated rings. The molecule has 96 valence electrons. The highest BCUT2D eigenvalue weighted by molar-refractivity contribution is 6.34. The van der Waals surface area contributed by atoms with E-state index in [9.17, 15) is 0 Å². The van der Waals surface area contributed by atoms with Gasteiger partial charge in [0.2, 0.25) is 0 Å². The number of nitrogens with one attached hydrogen (secondary N) is 1. The molecular weight excluding hydrogens is 264 g/mol. The number of hydrogen-bond donors (Lipinski definition) is 2. The van der Waals surface area contributed by atoms with Crippen molar-refractivity contribution in [3.8, 4) is 0 Å². The first-order valence-electron chi connectivity index (χ1n) is 5.70. The summed E-state index contributed by atoms with van der Waals surface area (Å²) in [6.07, 6.45) is 3.31. The van der Waals surface area contributed by atoms with E-state index < -0.39 is 6.04 Å². The van der Waals surface area contributed by atoms with Crippen molar-refractivity contribution in [3.63, 3.8) is 0 Å². The first-order valence-corrected chi connectivity index (χ1v) is 6.08.